The van der Waals surface area contributed by atoms with Crippen molar-refractivity contribution in [2.24, 2.45) is 0 Å². The van der Waals surface area contributed by atoms with E-state index < -0.39 is 0 Å². The maximum Gasteiger partial charge on any atom is 0.222 e. The quantitative estimate of drug-likeness (QED) is 0.752. The van der Waals surface area contributed by atoms with Gasteiger partial charge >= 0.3 is 0 Å². The summed E-state index contributed by atoms with van der Waals surface area (Å²) >= 11 is 1.40. The molecule has 0 aliphatic carbocycles. The van der Waals surface area contributed by atoms with Gasteiger partial charge in [-0.1, -0.05) is 11.8 Å². The van der Waals surface area contributed by atoms with Crippen LogP contribution in [0.3, 0.4) is 0 Å². The second kappa shape index (κ2) is 4.93. The van der Waals surface area contributed by atoms with Gasteiger partial charge in [0.05, 0.1) is 5.52 Å². The molecule has 7 heteroatoms. The zero-order chi connectivity index (χ0) is 14.1. The van der Waals surface area contributed by atoms with Gasteiger partial charge in [0.1, 0.15) is 16.4 Å². The van der Waals surface area contributed by atoms with Crippen molar-refractivity contribution in [1.29, 1.82) is 0 Å². The highest BCUT2D eigenvalue weighted by molar-refractivity contribution is 7.99. The Bertz CT molecular complexity index is 776. The fourth-order valence-electron chi connectivity index (χ4n) is 1.72. The molecule has 20 heavy (non-hydrogen) atoms. The van der Waals surface area contributed by atoms with Gasteiger partial charge in [-0.15, -0.1) is 0 Å². The van der Waals surface area contributed by atoms with Crippen LogP contribution in [-0.2, 0) is 0 Å². The molecule has 0 radical (unpaired) electrons. The number of aromatic nitrogens is 3. The average Bonchev–Trinajstić information content (AvgIpc) is 2.42. The van der Waals surface area contributed by atoms with Gasteiger partial charge < -0.3 is 11.5 Å². The normalized spacial score (nSPS) is 10.8. The van der Waals surface area contributed by atoms with Crippen LogP contribution >= 0.6 is 11.8 Å². The molecule has 0 fully saturated rings. The topological polar surface area (TPSA) is 90.7 Å². The summed E-state index contributed by atoms with van der Waals surface area (Å²) in [7, 11) is 0. The Morgan fingerprint density at radius 3 is 2.40 bits per heavy atom. The van der Waals surface area contributed by atoms with E-state index in [4.69, 9.17) is 11.5 Å². The van der Waals surface area contributed by atoms with Crippen molar-refractivity contribution in [1.82, 2.24) is 15.0 Å². The lowest BCUT2D eigenvalue weighted by atomic mass is 10.3. The lowest BCUT2D eigenvalue weighted by Gasteiger charge is -2.05. The molecule has 0 bridgehead atoms. The second-order valence-electron chi connectivity index (χ2n) is 4.04. The highest BCUT2D eigenvalue weighted by atomic mass is 32.2. The molecule has 0 aliphatic rings. The highest BCUT2D eigenvalue weighted by Crippen LogP contribution is 2.28. The summed E-state index contributed by atoms with van der Waals surface area (Å²) in [6, 6.07) is 9.78. The number of anilines is 2. The highest BCUT2D eigenvalue weighted by Gasteiger charge is 2.07. The van der Waals surface area contributed by atoms with E-state index in [1.54, 1.807) is 18.2 Å². The van der Waals surface area contributed by atoms with E-state index in [1.165, 1.54) is 23.9 Å². The minimum atomic E-state index is -0.269. The Hall–Kier alpha value is -2.41. The summed E-state index contributed by atoms with van der Waals surface area (Å²) in [5, 5.41) is 0.726. The van der Waals surface area contributed by atoms with E-state index in [0.29, 0.717) is 11.0 Å². The Kier molecular flexibility index (Phi) is 3.11. The molecule has 0 aliphatic heterocycles. The van der Waals surface area contributed by atoms with E-state index in [1.807, 2.05) is 6.07 Å². The monoisotopic (exact) mass is 287 g/mol. The van der Waals surface area contributed by atoms with Gasteiger partial charge in [0, 0.05) is 4.90 Å². The number of benzene rings is 1. The standard InChI is InChI=1S/C13H10FN5S/c14-7-1-3-8(4-2-7)20-10-6-5-9-11(18-10)12(15)19-13(16)17-9/h1-6H,(H4,15,16,17,19). The predicted molar refractivity (Wildman–Crippen MR) is 76.7 cm³/mol. The number of nitrogen functional groups attached to an aromatic ring is 2. The largest absolute Gasteiger partial charge is 0.382 e. The molecule has 100 valence electrons. The molecule has 5 nitrogen and oxygen atoms in total. The Labute approximate surface area is 118 Å². The minimum Gasteiger partial charge on any atom is -0.382 e. The molecule has 2 aromatic heterocycles. The maximum absolute atomic E-state index is 12.9. The summed E-state index contributed by atoms with van der Waals surface area (Å²) in [4.78, 5) is 13.2. The first-order valence-electron chi connectivity index (χ1n) is 5.75. The first-order chi connectivity index (χ1) is 9.61. The third-order valence-corrected chi connectivity index (χ3v) is 3.54. The molecule has 0 saturated carbocycles. The number of rotatable bonds is 2. The number of hydrogen-bond acceptors (Lipinski definition) is 6. The van der Waals surface area contributed by atoms with Gasteiger partial charge in [-0.25, -0.2) is 14.4 Å². The zero-order valence-corrected chi connectivity index (χ0v) is 11.1. The molecule has 0 atom stereocenters. The third kappa shape index (κ3) is 2.48. The smallest absolute Gasteiger partial charge is 0.222 e. The Balaban J connectivity index is 1.98. The molecule has 4 N–H and O–H groups in total. The van der Waals surface area contributed by atoms with Crippen LogP contribution in [0.4, 0.5) is 16.2 Å². The van der Waals surface area contributed by atoms with E-state index >= 15 is 0 Å². The van der Waals surface area contributed by atoms with Crippen LogP contribution < -0.4 is 11.5 Å². The average molecular weight is 287 g/mol. The summed E-state index contributed by atoms with van der Waals surface area (Å²) in [6.07, 6.45) is 0. The van der Waals surface area contributed by atoms with Gasteiger partial charge in [-0.2, -0.15) is 4.98 Å². The molecule has 2 heterocycles. The fraction of sp³-hybridized carbons (Fsp3) is 0. The van der Waals surface area contributed by atoms with Crippen molar-refractivity contribution in [3.05, 3.63) is 42.2 Å². The van der Waals surface area contributed by atoms with Gasteiger partial charge in [0.25, 0.3) is 0 Å². The van der Waals surface area contributed by atoms with Crippen LogP contribution in [0, 0.1) is 5.82 Å². The summed E-state index contributed by atoms with van der Waals surface area (Å²) in [5.74, 6) is 0.0961. The summed E-state index contributed by atoms with van der Waals surface area (Å²) in [5.41, 5.74) is 12.4. The third-order valence-electron chi connectivity index (χ3n) is 2.60. The van der Waals surface area contributed by atoms with E-state index in [9.17, 15) is 4.39 Å². The lowest BCUT2D eigenvalue weighted by molar-refractivity contribution is 0.626. The van der Waals surface area contributed by atoms with Crippen LogP contribution in [0.1, 0.15) is 0 Å². The van der Waals surface area contributed by atoms with Crippen LogP contribution in [0.15, 0.2) is 46.3 Å². The number of pyridine rings is 1. The molecular weight excluding hydrogens is 277 g/mol. The fourth-order valence-corrected chi connectivity index (χ4v) is 2.50. The van der Waals surface area contributed by atoms with Crippen molar-refractivity contribution < 1.29 is 4.39 Å². The predicted octanol–water partition coefficient (Wildman–Crippen LogP) is 2.48. The molecule has 3 rings (SSSR count). The van der Waals surface area contributed by atoms with Crippen LogP contribution in [0.5, 0.6) is 0 Å². The van der Waals surface area contributed by atoms with Gasteiger partial charge in [-0.05, 0) is 36.4 Å². The van der Waals surface area contributed by atoms with Gasteiger partial charge in [0.15, 0.2) is 5.82 Å². The molecular formula is C13H10FN5S. The summed E-state index contributed by atoms with van der Waals surface area (Å²) in [6.45, 7) is 0. The summed E-state index contributed by atoms with van der Waals surface area (Å²) < 4.78 is 12.9. The Morgan fingerprint density at radius 1 is 0.900 bits per heavy atom. The molecule has 0 amide bonds. The zero-order valence-electron chi connectivity index (χ0n) is 10.2. The first kappa shape index (κ1) is 12.6. The SMILES string of the molecule is Nc1nc(N)c2nc(Sc3ccc(F)cc3)ccc2n1. The van der Waals surface area contributed by atoms with Crippen molar-refractivity contribution in [3.63, 3.8) is 0 Å². The van der Waals surface area contributed by atoms with Crippen molar-refractivity contribution in [2.45, 2.75) is 9.92 Å². The van der Waals surface area contributed by atoms with Crippen LogP contribution in [0.25, 0.3) is 11.0 Å². The maximum atomic E-state index is 12.9. The van der Waals surface area contributed by atoms with Gasteiger partial charge in [0.2, 0.25) is 5.95 Å². The number of halogens is 1. The number of nitrogens with two attached hydrogens (primary N) is 2. The number of fused-ring (bicyclic) bond motifs is 1. The second-order valence-corrected chi connectivity index (χ2v) is 5.13. The minimum absolute atomic E-state index is 0.121. The molecule has 0 unspecified atom stereocenters. The van der Waals surface area contributed by atoms with E-state index in [2.05, 4.69) is 15.0 Å². The molecule has 0 spiro atoms. The van der Waals surface area contributed by atoms with E-state index in [-0.39, 0.29) is 17.6 Å². The molecule has 1 aromatic carbocycles. The lowest BCUT2D eigenvalue weighted by Crippen LogP contribution is -2.01. The number of nitrogens with zero attached hydrogens (tertiary/aromatic N) is 3. The van der Waals surface area contributed by atoms with Crippen LogP contribution in [-0.4, -0.2) is 15.0 Å². The number of hydrogen-bond donors (Lipinski definition) is 2. The van der Waals surface area contributed by atoms with Crippen molar-refractivity contribution in [3.8, 4) is 0 Å². The first-order valence-corrected chi connectivity index (χ1v) is 6.56. The van der Waals surface area contributed by atoms with Crippen LogP contribution in [0.2, 0.25) is 0 Å². The van der Waals surface area contributed by atoms with Crippen molar-refractivity contribution in [2.75, 3.05) is 11.5 Å². The Morgan fingerprint density at radius 2 is 1.65 bits per heavy atom. The molecule has 0 saturated heterocycles. The molecule has 3 aromatic rings. The van der Waals surface area contributed by atoms with Crippen molar-refractivity contribution >= 4 is 34.6 Å². The van der Waals surface area contributed by atoms with E-state index in [0.717, 1.165) is 9.92 Å². The van der Waals surface area contributed by atoms with Gasteiger partial charge in [-0.3, -0.25) is 0 Å².